The summed E-state index contributed by atoms with van der Waals surface area (Å²) in [5.41, 5.74) is 1.90. The number of benzene rings is 5. The van der Waals surface area contributed by atoms with E-state index in [9.17, 15) is 13.5 Å². The van der Waals surface area contributed by atoms with E-state index >= 15 is 0 Å². The minimum Gasteiger partial charge on any atom is -0.418 e. The fourth-order valence-electron chi connectivity index (χ4n) is 8.76. The van der Waals surface area contributed by atoms with Gasteiger partial charge in [0.15, 0.2) is 13.9 Å². The maximum atomic E-state index is 14.6. The number of unbranched alkanes of at least 4 members (excludes halogenated alkanes) is 4. The summed E-state index contributed by atoms with van der Waals surface area (Å²) < 4.78 is 71.7. The van der Waals surface area contributed by atoms with Gasteiger partial charge in [0.25, 0.3) is 10.0 Å². The summed E-state index contributed by atoms with van der Waals surface area (Å²) in [4.78, 5) is 0.127. The molecule has 6 unspecified atom stereocenters. The van der Waals surface area contributed by atoms with Crippen LogP contribution in [-0.2, 0) is 63.6 Å². The van der Waals surface area contributed by atoms with E-state index in [0.29, 0.717) is 23.1 Å². The maximum absolute atomic E-state index is 14.6. The number of aliphatic hydroxyl groups excluding tert-OH is 1. The van der Waals surface area contributed by atoms with Gasteiger partial charge in [-0.05, 0) is 74.3 Å². The van der Waals surface area contributed by atoms with Crippen LogP contribution in [-0.4, -0.2) is 76.2 Å². The number of nitrogens with zero attached hydrogens (tertiary/aromatic N) is 1. The number of aliphatic hydroxyl groups is 1. The third-order valence-corrected chi connectivity index (χ3v) is 14.6. The lowest BCUT2D eigenvalue weighted by molar-refractivity contribution is -0.321. The molecule has 5 aromatic carbocycles. The highest BCUT2D eigenvalue weighted by Gasteiger charge is 2.64. The highest BCUT2D eigenvalue weighted by atomic mass is 32.2. The Morgan fingerprint density at radius 1 is 0.585 bits per heavy atom. The molecule has 1 aliphatic carbocycles. The van der Waals surface area contributed by atoms with Gasteiger partial charge in [0, 0.05) is 37.0 Å². The van der Waals surface area contributed by atoms with Crippen molar-refractivity contribution in [2.24, 2.45) is 0 Å². The van der Waals surface area contributed by atoms with E-state index in [4.69, 9.17) is 28.1 Å². The normalized spacial score (nSPS) is 21.5. The molecule has 0 spiro atoms. The van der Waals surface area contributed by atoms with Crippen LogP contribution in [0.5, 0.6) is 0 Å². The van der Waals surface area contributed by atoms with Gasteiger partial charge >= 0.3 is 0 Å². The van der Waals surface area contributed by atoms with Gasteiger partial charge in [0.1, 0.15) is 30.5 Å². The zero-order valence-corrected chi connectivity index (χ0v) is 40.0. The van der Waals surface area contributed by atoms with E-state index in [1.54, 1.807) is 42.6 Å². The topological polar surface area (TPSA) is 115 Å². The summed E-state index contributed by atoms with van der Waals surface area (Å²) in [7, 11) is -5.69. The molecule has 0 saturated heterocycles. The van der Waals surface area contributed by atoms with Crippen molar-refractivity contribution in [3.05, 3.63) is 174 Å². The maximum Gasteiger partial charge on any atom is 0.268 e. The predicted octanol–water partition coefficient (Wildman–Crippen LogP) is 10.4. The van der Waals surface area contributed by atoms with Gasteiger partial charge in [-0.2, -0.15) is 0 Å². The fourth-order valence-corrected chi connectivity index (χ4v) is 10.9. The molecule has 1 aromatic heterocycles. The van der Waals surface area contributed by atoms with Crippen LogP contribution in [0.25, 0.3) is 10.9 Å². The first-order chi connectivity index (χ1) is 31.5. The largest absolute Gasteiger partial charge is 0.418 e. The molecule has 7 rings (SSSR count). The number of fused-ring (bicyclic) bond motifs is 1. The van der Waals surface area contributed by atoms with Gasteiger partial charge in [-0.3, -0.25) is 0 Å². The second kappa shape index (κ2) is 22.8. The monoisotopic (exact) mass is 919 g/mol. The van der Waals surface area contributed by atoms with Crippen LogP contribution in [0.2, 0.25) is 19.6 Å². The van der Waals surface area contributed by atoms with Crippen molar-refractivity contribution in [3.8, 4) is 0 Å². The summed E-state index contributed by atoms with van der Waals surface area (Å²) in [6, 6.07) is 45.3. The van der Waals surface area contributed by atoms with Crippen LogP contribution in [0.3, 0.4) is 0 Å². The van der Waals surface area contributed by atoms with Crippen LogP contribution in [0.15, 0.2) is 157 Å². The third-order valence-electron chi connectivity index (χ3n) is 11.9. The molecule has 1 N–H and O–H groups in total. The zero-order valence-electron chi connectivity index (χ0n) is 38.2. The van der Waals surface area contributed by atoms with E-state index in [1.807, 2.05) is 116 Å². The molecular weight excluding hydrogens is 855 g/mol. The molecule has 6 atom stereocenters. The molecule has 0 aliphatic heterocycles. The van der Waals surface area contributed by atoms with E-state index < -0.39 is 54.5 Å². The minimum atomic E-state index is -4.13. The molecule has 12 heteroatoms. The molecule has 1 aliphatic rings. The van der Waals surface area contributed by atoms with Gasteiger partial charge in [0.2, 0.25) is 0 Å². The molecule has 0 amide bonds. The quantitative estimate of drug-likeness (QED) is 0.0468. The average molecular weight is 920 g/mol. The molecule has 1 heterocycles. The first-order valence-corrected chi connectivity index (χ1v) is 27.8. The molecule has 0 radical (unpaired) electrons. The Kier molecular flexibility index (Phi) is 17.0. The first kappa shape index (κ1) is 48.5. The summed E-state index contributed by atoms with van der Waals surface area (Å²) >= 11 is 0. The Hall–Kier alpha value is -4.47. The number of hydrogen-bond acceptors (Lipinski definition) is 9. The lowest BCUT2D eigenvalue weighted by Gasteiger charge is -2.55. The SMILES string of the molecule is CCOC1(c2cn(S(=O)(=O)c3ccccc3)c3ccccc23)C(O)C(OCCCCCCCO[Si](C)(C)C)C(OCc2ccccc2)C(OCc2ccccc2)C1OCc1ccccc1. The van der Waals surface area contributed by atoms with Crippen molar-refractivity contribution in [2.45, 2.75) is 120 Å². The standard InChI is InChI=1S/C53H65NO9SSi/c1-5-62-53(46-37-54(47-34-22-21-33-45(46)47)64(56,57)44-31-19-12-20-32-44)51(55)49(58-35-23-7-6-8-24-36-63-65(2,3)4)48(59-38-41-25-13-9-14-26-41)50(60-39-42-27-15-10-16-28-42)52(53)61-40-43-29-17-11-18-30-43/h9-22,25-34,37,48-52,55H,5-8,23-24,35-36,38-40H2,1-4H3. The smallest absolute Gasteiger partial charge is 0.268 e. The van der Waals surface area contributed by atoms with Gasteiger partial charge in [-0.25, -0.2) is 12.4 Å². The van der Waals surface area contributed by atoms with Gasteiger partial charge in [0.05, 0.1) is 30.2 Å². The third kappa shape index (κ3) is 11.9. The molecule has 0 bridgehead atoms. The van der Waals surface area contributed by atoms with Crippen molar-refractivity contribution in [2.75, 3.05) is 19.8 Å². The van der Waals surface area contributed by atoms with Crippen LogP contribution >= 0.6 is 0 Å². The molecule has 346 valence electrons. The van der Waals surface area contributed by atoms with Crippen LogP contribution in [0.4, 0.5) is 0 Å². The van der Waals surface area contributed by atoms with Crippen molar-refractivity contribution in [1.82, 2.24) is 3.97 Å². The molecular formula is C53H65NO9SSi. The van der Waals surface area contributed by atoms with Crippen molar-refractivity contribution in [3.63, 3.8) is 0 Å². The van der Waals surface area contributed by atoms with Crippen molar-refractivity contribution in [1.29, 1.82) is 0 Å². The molecule has 6 aromatic rings. The van der Waals surface area contributed by atoms with Gasteiger partial charge < -0.3 is 33.2 Å². The summed E-state index contributed by atoms with van der Waals surface area (Å²) in [5, 5.41) is 14.0. The van der Waals surface area contributed by atoms with Gasteiger partial charge in [-0.1, -0.05) is 147 Å². The Balaban J connectivity index is 1.35. The van der Waals surface area contributed by atoms with Crippen LogP contribution < -0.4 is 0 Å². The second-order valence-corrected chi connectivity index (χ2v) is 24.0. The summed E-state index contributed by atoms with van der Waals surface area (Å²) in [6.45, 7) is 10.3. The van der Waals surface area contributed by atoms with Crippen LogP contribution in [0.1, 0.15) is 61.3 Å². The summed E-state index contributed by atoms with van der Waals surface area (Å²) in [5.74, 6) is 0. The van der Waals surface area contributed by atoms with E-state index in [-0.39, 0.29) is 31.3 Å². The van der Waals surface area contributed by atoms with E-state index in [0.717, 1.165) is 55.4 Å². The molecule has 1 saturated carbocycles. The highest BCUT2D eigenvalue weighted by molar-refractivity contribution is 7.90. The van der Waals surface area contributed by atoms with Gasteiger partial charge in [-0.15, -0.1) is 0 Å². The van der Waals surface area contributed by atoms with E-state index in [2.05, 4.69) is 19.6 Å². The number of rotatable bonds is 24. The predicted molar refractivity (Wildman–Crippen MR) is 257 cm³/mol. The lowest BCUT2D eigenvalue weighted by Crippen LogP contribution is -2.71. The number of para-hydroxylation sites is 1. The molecule has 1 fully saturated rings. The number of aromatic nitrogens is 1. The Morgan fingerprint density at radius 3 is 1.65 bits per heavy atom. The Bertz CT molecular complexity index is 2450. The fraction of sp³-hybridized carbons (Fsp3) is 0.396. The van der Waals surface area contributed by atoms with E-state index in [1.165, 1.54) is 3.97 Å². The van der Waals surface area contributed by atoms with Crippen molar-refractivity contribution >= 4 is 29.2 Å². The summed E-state index contributed by atoms with van der Waals surface area (Å²) in [6.07, 6.45) is 1.12. The van der Waals surface area contributed by atoms with Crippen LogP contribution in [0, 0.1) is 0 Å². The molecule has 10 nitrogen and oxygen atoms in total. The highest BCUT2D eigenvalue weighted by Crippen LogP contribution is 2.49. The number of ether oxygens (including phenoxy) is 5. The first-order valence-electron chi connectivity index (χ1n) is 23.0. The lowest BCUT2D eigenvalue weighted by atomic mass is 9.70. The Labute approximate surface area is 386 Å². The average Bonchev–Trinajstić information content (AvgIpc) is 3.73. The number of hydrogen-bond donors (Lipinski definition) is 1. The minimum absolute atomic E-state index is 0.127. The Morgan fingerprint density at radius 2 is 1.08 bits per heavy atom. The zero-order chi connectivity index (χ0) is 45.7. The van der Waals surface area contributed by atoms with Crippen molar-refractivity contribution < 1.29 is 41.6 Å². The second-order valence-electron chi connectivity index (χ2n) is 17.6. The molecule has 65 heavy (non-hydrogen) atoms.